The van der Waals surface area contributed by atoms with Crippen molar-refractivity contribution in [1.82, 2.24) is 5.32 Å². The predicted molar refractivity (Wildman–Crippen MR) is 86.1 cm³/mol. The van der Waals surface area contributed by atoms with Gasteiger partial charge in [0.15, 0.2) is 0 Å². The van der Waals surface area contributed by atoms with Gasteiger partial charge in [0.1, 0.15) is 0 Å². The second-order valence-corrected chi connectivity index (χ2v) is 7.07. The maximum Gasteiger partial charge on any atom is -0.00173 e. The SMILES string of the molecule is CC1CCC(c2ccccc2CC2CCCNC2)CC1. The van der Waals surface area contributed by atoms with Crippen molar-refractivity contribution < 1.29 is 0 Å². The first-order valence-electron chi connectivity index (χ1n) is 8.61. The minimum Gasteiger partial charge on any atom is -0.316 e. The first kappa shape index (κ1) is 14.1. The smallest absolute Gasteiger partial charge is 0.00173 e. The van der Waals surface area contributed by atoms with Crippen molar-refractivity contribution in [2.24, 2.45) is 11.8 Å². The Hall–Kier alpha value is -0.820. The number of piperidine rings is 1. The minimum absolute atomic E-state index is 0.832. The maximum absolute atomic E-state index is 3.56. The summed E-state index contributed by atoms with van der Waals surface area (Å²) in [7, 11) is 0. The van der Waals surface area contributed by atoms with Gasteiger partial charge in [0, 0.05) is 0 Å². The third kappa shape index (κ3) is 3.44. The zero-order chi connectivity index (χ0) is 13.8. The van der Waals surface area contributed by atoms with Gasteiger partial charge in [0.05, 0.1) is 0 Å². The highest BCUT2D eigenvalue weighted by Crippen LogP contribution is 2.37. The summed E-state index contributed by atoms with van der Waals surface area (Å²) in [5.74, 6) is 2.63. The molecule has 1 nitrogen and oxygen atoms in total. The second-order valence-electron chi connectivity index (χ2n) is 7.07. The molecule has 20 heavy (non-hydrogen) atoms. The van der Waals surface area contributed by atoms with Gasteiger partial charge in [0.25, 0.3) is 0 Å². The van der Waals surface area contributed by atoms with Gasteiger partial charge in [-0.2, -0.15) is 0 Å². The van der Waals surface area contributed by atoms with Crippen LogP contribution in [0.15, 0.2) is 24.3 Å². The molecule has 1 unspecified atom stereocenters. The van der Waals surface area contributed by atoms with Crippen LogP contribution in [0.4, 0.5) is 0 Å². The molecule has 1 atom stereocenters. The Bertz CT molecular complexity index is 412. The van der Waals surface area contributed by atoms with E-state index in [2.05, 4.69) is 36.5 Å². The second kappa shape index (κ2) is 6.76. The zero-order valence-electron chi connectivity index (χ0n) is 12.9. The van der Waals surface area contributed by atoms with Gasteiger partial charge in [-0.05, 0) is 74.1 Å². The van der Waals surface area contributed by atoms with E-state index in [9.17, 15) is 0 Å². The van der Waals surface area contributed by atoms with E-state index in [1.165, 1.54) is 58.0 Å². The number of rotatable bonds is 3. The molecule has 110 valence electrons. The molecule has 1 aliphatic heterocycles. The molecule has 2 fully saturated rings. The summed E-state index contributed by atoms with van der Waals surface area (Å²) in [6.45, 7) is 4.85. The summed E-state index contributed by atoms with van der Waals surface area (Å²) < 4.78 is 0. The van der Waals surface area contributed by atoms with Gasteiger partial charge in [-0.25, -0.2) is 0 Å². The average molecular weight is 271 g/mol. The quantitative estimate of drug-likeness (QED) is 0.852. The van der Waals surface area contributed by atoms with Crippen LogP contribution in [-0.2, 0) is 6.42 Å². The van der Waals surface area contributed by atoms with E-state index in [4.69, 9.17) is 0 Å². The lowest BCUT2D eigenvalue weighted by atomic mass is 9.77. The van der Waals surface area contributed by atoms with Gasteiger partial charge >= 0.3 is 0 Å². The molecular weight excluding hydrogens is 242 g/mol. The summed E-state index contributed by atoms with van der Waals surface area (Å²) in [5.41, 5.74) is 3.31. The van der Waals surface area contributed by atoms with Gasteiger partial charge in [-0.1, -0.05) is 44.0 Å². The molecule has 1 heteroatoms. The molecule has 1 aromatic carbocycles. The Morgan fingerprint density at radius 1 is 1.05 bits per heavy atom. The fourth-order valence-electron chi connectivity index (χ4n) is 4.10. The van der Waals surface area contributed by atoms with Crippen molar-refractivity contribution in [3.63, 3.8) is 0 Å². The summed E-state index contributed by atoms with van der Waals surface area (Å²) in [5, 5.41) is 3.56. The first-order chi connectivity index (χ1) is 9.83. The third-order valence-electron chi connectivity index (χ3n) is 5.42. The van der Waals surface area contributed by atoms with Crippen molar-refractivity contribution >= 4 is 0 Å². The Kier molecular flexibility index (Phi) is 4.77. The summed E-state index contributed by atoms with van der Waals surface area (Å²) in [6, 6.07) is 9.28. The van der Waals surface area contributed by atoms with Gasteiger partial charge < -0.3 is 5.32 Å². The van der Waals surface area contributed by atoms with Crippen LogP contribution in [0.5, 0.6) is 0 Å². The molecule has 0 aromatic heterocycles. The Labute approximate surface area is 124 Å². The lowest BCUT2D eigenvalue weighted by Gasteiger charge is -2.29. The summed E-state index contributed by atoms with van der Waals surface area (Å²) in [6.07, 6.45) is 9.70. The van der Waals surface area contributed by atoms with Crippen molar-refractivity contribution in [1.29, 1.82) is 0 Å². The van der Waals surface area contributed by atoms with Crippen LogP contribution >= 0.6 is 0 Å². The first-order valence-corrected chi connectivity index (χ1v) is 8.61. The van der Waals surface area contributed by atoms with Crippen LogP contribution in [0.3, 0.4) is 0 Å². The van der Waals surface area contributed by atoms with Crippen molar-refractivity contribution in [3.8, 4) is 0 Å². The Morgan fingerprint density at radius 3 is 2.60 bits per heavy atom. The van der Waals surface area contributed by atoms with Gasteiger partial charge in [0.2, 0.25) is 0 Å². The fraction of sp³-hybridized carbons (Fsp3) is 0.684. The van der Waals surface area contributed by atoms with Crippen LogP contribution in [0.25, 0.3) is 0 Å². The van der Waals surface area contributed by atoms with Crippen LogP contribution in [0, 0.1) is 11.8 Å². The van der Waals surface area contributed by atoms with E-state index in [-0.39, 0.29) is 0 Å². The van der Waals surface area contributed by atoms with Crippen LogP contribution in [0.1, 0.15) is 62.5 Å². The molecule has 1 heterocycles. The topological polar surface area (TPSA) is 12.0 Å². The van der Waals surface area contributed by atoms with Crippen molar-refractivity contribution in [2.45, 2.75) is 57.8 Å². The van der Waals surface area contributed by atoms with E-state index < -0.39 is 0 Å². The molecule has 1 aromatic rings. The van der Waals surface area contributed by atoms with E-state index in [0.717, 1.165) is 17.8 Å². The minimum atomic E-state index is 0.832. The van der Waals surface area contributed by atoms with E-state index >= 15 is 0 Å². The average Bonchev–Trinajstić information content (AvgIpc) is 2.50. The molecule has 0 amide bonds. The largest absolute Gasteiger partial charge is 0.316 e. The molecule has 1 saturated carbocycles. The van der Waals surface area contributed by atoms with Crippen LogP contribution in [-0.4, -0.2) is 13.1 Å². The number of benzene rings is 1. The molecule has 0 bridgehead atoms. The number of hydrogen-bond acceptors (Lipinski definition) is 1. The standard InChI is InChI=1S/C19H29N/c1-15-8-10-17(11-9-15)19-7-3-2-6-18(19)13-16-5-4-12-20-14-16/h2-3,6-7,15-17,20H,4-5,8-14H2,1H3. The Morgan fingerprint density at radius 2 is 1.85 bits per heavy atom. The normalized spacial score (nSPS) is 31.1. The molecule has 3 rings (SSSR count). The Balaban J connectivity index is 1.70. The fourth-order valence-corrected chi connectivity index (χ4v) is 4.10. The highest BCUT2D eigenvalue weighted by atomic mass is 14.9. The summed E-state index contributed by atoms with van der Waals surface area (Å²) >= 11 is 0. The molecule has 1 saturated heterocycles. The summed E-state index contributed by atoms with van der Waals surface area (Å²) in [4.78, 5) is 0. The lowest BCUT2D eigenvalue weighted by Crippen LogP contribution is -2.31. The van der Waals surface area contributed by atoms with E-state index in [0.29, 0.717) is 0 Å². The van der Waals surface area contributed by atoms with Gasteiger partial charge in [-0.3, -0.25) is 0 Å². The lowest BCUT2D eigenvalue weighted by molar-refractivity contribution is 0.343. The molecule has 0 radical (unpaired) electrons. The van der Waals surface area contributed by atoms with Crippen LogP contribution < -0.4 is 5.32 Å². The molecule has 0 spiro atoms. The van der Waals surface area contributed by atoms with E-state index in [1.54, 1.807) is 11.1 Å². The maximum atomic E-state index is 3.56. The predicted octanol–water partition coefficient (Wildman–Crippen LogP) is 4.52. The monoisotopic (exact) mass is 271 g/mol. The van der Waals surface area contributed by atoms with E-state index in [1.807, 2.05) is 0 Å². The van der Waals surface area contributed by atoms with Crippen molar-refractivity contribution in [2.75, 3.05) is 13.1 Å². The highest BCUT2D eigenvalue weighted by molar-refractivity contribution is 5.31. The number of hydrogen-bond donors (Lipinski definition) is 1. The molecular formula is C19H29N. The molecule has 1 aliphatic carbocycles. The highest BCUT2D eigenvalue weighted by Gasteiger charge is 2.23. The van der Waals surface area contributed by atoms with Gasteiger partial charge in [-0.15, -0.1) is 0 Å². The zero-order valence-corrected chi connectivity index (χ0v) is 12.9. The third-order valence-corrected chi connectivity index (χ3v) is 5.42. The number of nitrogens with one attached hydrogen (secondary N) is 1. The van der Waals surface area contributed by atoms with Crippen molar-refractivity contribution in [3.05, 3.63) is 35.4 Å². The molecule has 1 N–H and O–H groups in total. The molecule has 2 aliphatic rings. The van der Waals surface area contributed by atoms with Crippen LogP contribution in [0.2, 0.25) is 0 Å².